The van der Waals surface area contributed by atoms with E-state index in [1.54, 1.807) is 18.2 Å². The van der Waals surface area contributed by atoms with E-state index < -0.39 is 5.97 Å². The van der Waals surface area contributed by atoms with Crippen molar-refractivity contribution in [3.05, 3.63) is 52.3 Å². The number of anilines is 2. The van der Waals surface area contributed by atoms with E-state index in [0.29, 0.717) is 21.5 Å². The summed E-state index contributed by atoms with van der Waals surface area (Å²) in [5.74, 6) is -1.35. The summed E-state index contributed by atoms with van der Waals surface area (Å²) in [4.78, 5) is 26.9. The summed E-state index contributed by atoms with van der Waals surface area (Å²) in [6.45, 7) is 0. The Morgan fingerprint density at radius 2 is 2.05 bits per heavy atom. The maximum absolute atomic E-state index is 11.9. The average molecular weight is 350 g/mol. The van der Waals surface area contributed by atoms with Gasteiger partial charge in [-0.1, -0.05) is 15.9 Å². The molecule has 1 aromatic carbocycles. The van der Waals surface area contributed by atoms with Crippen LogP contribution in [-0.2, 0) is 11.2 Å². The lowest BCUT2D eigenvalue weighted by Crippen LogP contribution is -2.15. The van der Waals surface area contributed by atoms with Crippen LogP contribution in [0.4, 0.5) is 11.4 Å². The summed E-state index contributed by atoms with van der Waals surface area (Å²) in [6.07, 6.45) is 1.56. The molecular weight excluding hydrogens is 338 g/mol. The van der Waals surface area contributed by atoms with Crippen molar-refractivity contribution >= 4 is 39.2 Å². The number of hydrogen-bond acceptors (Lipinski definition) is 4. The van der Waals surface area contributed by atoms with Gasteiger partial charge < -0.3 is 16.2 Å². The Labute approximate surface area is 129 Å². The molecule has 0 spiro atoms. The van der Waals surface area contributed by atoms with Crippen molar-refractivity contribution in [2.75, 3.05) is 11.1 Å². The zero-order valence-electron chi connectivity index (χ0n) is 10.8. The highest BCUT2D eigenvalue weighted by Gasteiger charge is 2.09. The van der Waals surface area contributed by atoms with Crippen LogP contribution < -0.4 is 11.1 Å². The van der Waals surface area contributed by atoms with Crippen LogP contribution in [0.15, 0.2) is 41.0 Å². The molecule has 0 unspecified atom stereocenters. The highest BCUT2D eigenvalue weighted by molar-refractivity contribution is 9.10. The number of carboxylic acids is 1. The van der Waals surface area contributed by atoms with Crippen molar-refractivity contribution in [2.24, 2.45) is 0 Å². The molecule has 0 aliphatic carbocycles. The van der Waals surface area contributed by atoms with Crippen LogP contribution in [-0.4, -0.2) is 22.0 Å². The number of pyridine rings is 1. The van der Waals surface area contributed by atoms with Gasteiger partial charge in [0.2, 0.25) is 5.91 Å². The van der Waals surface area contributed by atoms with E-state index in [4.69, 9.17) is 10.8 Å². The molecule has 4 N–H and O–H groups in total. The van der Waals surface area contributed by atoms with Crippen molar-refractivity contribution in [1.29, 1.82) is 0 Å². The highest BCUT2D eigenvalue weighted by Crippen LogP contribution is 2.20. The van der Waals surface area contributed by atoms with Gasteiger partial charge in [-0.05, 0) is 30.3 Å². The summed E-state index contributed by atoms with van der Waals surface area (Å²) in [6, 6.07) is 7.80. The van der Waals surface area contributed by atoms with Crippen LogP contribution in [0.3, 0.4) is 0 Å². The molecule has 0 saturated carbocycles. The summed E-state index contributed by atoms with van der Waals surface area (Å²) >= 11 is 3.21. The van der Waals surface area contributed by atoms with Gasteiger partial charge in [0.25, 0.3) is 0 Å². The number of benzene rings is 1. The summed E-state index contributed by atoms with van der Waals surface area (Å²) in [7, 11) is 0. The zero-order chi connectivity index (χ0) is 15.4. The molecule has 0 atom stereocenters. The third-order valence-electron chi connectivity index (χ3n) is 2.62. The van der Waals surface area contributed by atoms with Crippen molar-refractivity contribution in [1.82, 2.24) is 4.98 Å². The second-order valence-corrected chi connectivity index (χ2v) is 5.26. The molecule has 2 rings (SSSR count). The molecule has 108 valence electrons. The number of halogens is 1. The third kappa shape index (κ3) is 4.28. The first-order valence-electron chi connectivity index (χ1n) is 5.98. The fourth-order valence-electron chi connectivity index (χ4n) is 1.70. The quantitative estimate of drug-likeness (QED) is 0.785. The maximum Gasteiger partial charge on any atom is 0.335 e. The second kappa shape index (κ2) is 6.36. The van der Waals surface area contributed by atoms with Crippen molar-refractivity contribution < 1.29 is 14.7 Å². The molecule has 0 aliphatic heterocycles. The predicted octanol–water partition coefficient (Wildman–Crippen LogP) is 2.31. The molecule has 21 heavy (non-hydrogen) atoms. The zero-order valence-corrected chi connectivity index (χ0v) is 12.4. The second-order valence-electron chi connectivity index (χ2n) is 4.34. The normalized spacial score (nSPS) is 10.1. The first-order chi connectivity index (χ1) is 9.94. The van der Waals surface area contributed by atoms with Gasteiger partial charge in [-0.3, -0.25) is 9.78 Å². The average Bonchev–Trinajstić information content (AvgIpc) is 2.40. The topological polar surface area (TPSA) is 105 Å². The van der Waals surface area contributed by atoms with Crippen LogP contribution in [0.2, 0.25) is 0 Å². The van der Waals surface area contributed by atoms with Crippen LogP contribution in [0.5, 0.6) is 0 Å². The van der Waals surface area contributed by atoms with Gasteiger partial charge in [0.15, 0.2) is 0 Å². The number of carbonyl (C=O) groups excluding carboxylic acids is 1. The molecule has 1 amide bonds. The molecule has 1 heterocycles. The Bertz CT molecular complexity index is 686. The van der Waals surface area contributed by atoms with Crippen molar-refractivity contribution in [2.45, 2.75) is 6.42 Å². The van der Waals surface area contributed by atoms with Gasteiger partial charge in [-0.2, -0.15) is 0 Å². The smallest absolute Gasteiger partial charge is 0.335 e. The standard InChI is InChI=1S/C14H12BrN3O3/c15-9-3-8(14(20)21)4-12(5-9)18-13(19)6-11-2-1-10(16)7-17-11/h1-5,7H,6,16H2,(H,18,19)(H,20,21). The lowest BCUT2D eigenvalue weighted by molar-refractivity contribution is -0.115. The number of rotatable bonds is 4. The first kappa shape index (κ1) is 15.0. The number of nitrogen functional groups attached to an aromatic ring is 1. The fraction of sp³-hybridized carbons (Fsp3) is 0.0714. The van der Waals surface area contributed by atoms with E-state index in [1.165, 1.54) is 18.3 Å². The first-order valence-corrected chi connectivity index (χ1v) is 6.77. The monoisotopic (exact) mass is 349 g/mol. The van der Waals surface area contributed by atoms with E-state index in [-0.39, 0.29) is 17.9 Å². The number of nitrogens with zero attached hydrogens (tertiary/aromatic N) is 1. The molecule has 6 nitrogen and oxygen atoms in total. The van der Waals surface area contributed by atoms with E-state index in [2.05, 4.69) is 26.2 Å². The number of nitrogens with two attached hydrogens (primary N) is 1. The van der Waals surface area contributed by atoms with E-state index >= 15 is 0 Å². The molecule has 2 aromatic rings. The molecule has 7 heteroatoms. The molecular formula is C14H12BrN3O3. The Morgan fingerprint density at radius 1 is 1.29 bits per heavy atom. The highest BCUT2D eigenvalue weighted by atomic mass is 79.9. The maximum atomic E-state index is 11.9. The van der Waals surface area contributed by atoms with Crippen molar-refractivity contribution in [3.63, 3.8) is 0 Å². The Hall–Kier alpha value is -2.41. The summed E-state index contributed by atoms with van der Waals surface area (Å²) in [5.41, 5.74) is 7.12. The number of nitrogens with one attached hydrogen (secondary N) is 1. The molecule has 0 bridgehead atoms. The Morgan fingerprint density at radius 3 is 2.67 bits per heavy atom. The Balaban J connectivity index is 2.09. The summed E-state index contributed by atoms with van der Waals surface area (Å²) < 4.78 is 0.573. The molecule has 1 aromatic heterocycles. The van der Waals surface area contributed by atoms with Gasteiger partial charge in [-0.15, -0.1) is 0 Å². The van der Waals surface area contributed by atoms with Gasteiger partial charge in [0.1, 0.15) is 0 Å². The SMILES string of the molecule is Nc1ccc(CC(=O)Nc2cc(Br)cc(C(=O)O)c2)nc1. The van der Waals surface area contributed by atoms with Crippen LogP contribution in [0.25, 0.3) is 0 Å². The number of hydrogen-bond donors (Lipinski definition) is 3. The van der Waals surface area contributed by atoms with E-state index in [9.17, 15) is 9.59 Å². The molecule has 0 saturated heterocycles. The number of aromatic nitrogens is 1. The van der Waals surface area contributed by atoms with Crippen LogP contribution in [0, 0.1) is 0 Å². The lowest BCUT2D eigenvalue weighted by Gasteiger charge is -2.07. The van der Waals surface area contributed by atoms with Crippen molar-refractivity contribution in [3.8, 4) is 0 Å². The van der Waals surface area contributed by atoms with Crippen LogP contribution >= 0.6 is 15.9 Å². The fourth-order valence-corrected chi connectivity index (χ4v) is 2.19. The number of carbonyl (C=O) groups is 2. The summed E-state index contributed by atoms with van der Waals surface area (Å²) in [5, 5.41) is 11.6. The van der Waals surface area contributed by atoms with Gasteiger partial charge in [0.05, 0.1) is 23.9 Å². The molecule has 0 aliphatic rings. The third-order valence-corrected chi connectivity index (χ3v) is 3.08. The molecule has 0 radical (unpaired) electrons. The Kier molecular flexibility index (Phi) is 4.54. The lowest BCUT2D eigenvalue weighted by atomic mass is 10.2. The van der Waals surface area contributed by atoms with E-state index in [1.807, 2.05) is 0 Å². The van der Waals surface area contributed by atoms with Crippen LogP contribution in [0.1, 0.15) is 16.1 Å². The largest absolute Gasteiger partial charge is 0.478 e. The number of amides is 1. The minimum Gasteiger partial charge on any atom is -0.478 e. The predicted molar refractivity (Wildman–Crippen MR) is 82.1 cm³/mol. The van der Waals surface area contributed by atoms with Gasteiger partial charge >= 0.3 is 5.97 Å². The molecule has 0 fully saturated rings. The van der Waals surface area contributed by atoms with E-state index in [0.717, 1.165) is 0 Å². The minimum atomic E-state index is -1.06. The minimum absolute atomic E-state index is 0.0786. The number of carboxylic acid groups (broad SMARTS) is 1. The van der Waals surface area contributed by atoms with Gasteiger partial charge in [0, 0.05) is 15.9 Å². The number of aromatic carboxylic acids is 1. The van der Waals surface area contributed by atoms with Gasteiger partial charge in [-0.25, -0.2) is 4.79 Å².